The van der Waals surface area contributed by atoms with Crippen molar-refractivity contribution >= 4 is 11.7 Å². The molecule has 1 rings (SSSR count). The number of carbonyl (C=O) groups excluding carboxylic acids is 1. The van der Waals surface area contributed by atoms with Crippen LogP contribution < -0.4 is 11.1 Å². The molecule has 0 aliphatic rings. The van der Waals surface area contributed by atoms with Crippen LogP contribution in [-0.2, 0) is 0 Å². The number of nitrogens with two attached hydrogens (primary N) is 1. The Hall–Kier alpha value is -1.62. The number of benzene rings is 1. The predicted octanol–water partition coefficient (Wildman–Crippen LogP) is 1.64. The van der Waals surface area contributed by atoms with E-state index in [-0.39, 0.29) is 11.8 Å². The standard InChI is InChI=1S/C11H16FN3O/c1-2-15(7-6-13)11(16)14-10-5-3-4-9(12)8-10/h3-5,8H,2,6-7,13H2,1H3,(H,14,16). The van der Waals surface area contributed by atoms with Crippen LogP contribution in [0, 0.1) is 5.82 Å². The van der Waals surface area contributed by atoms with Gasteiger partial charge in [-0.3, -0.25) is 0 Å². The highest BCUT2D eigenvalue weighted by Gasteiger charge is 2.10. The smallest absolute Gasteiger partial charge is 0.321 e. The molecule has 0 saturated heterocycles. The van der Waals surface area contributed by atoms with Crippen molar-refractivity contribution in [1.29, 1.82) is 0 Å². The molecule has 0 heterocycles. The fourth-order valence-electron chi connectivity index (χ4n) is 1.33. The van der Waals surface area contributed by atoms with E-state index in [1.807, 2.05) is 6.92 Å². The van der Waals surface area contributed by atoms with Gasteiger partial charge in [0.2, 0.25) is 0 Å². The van der Waals surface area contributed by atoms with E-state index >= 15 is 0 Å². The second-order valence-electron chi connectivity index (χ2n) is 3.31. The van der Waals surface area contributed by atoms with Crippen LogP contribution in [0.1, 0.15) is 6.92 Å². The number of nitrogens with zero attached hydrogens (tertiary/aromatic N) is 1. The second-order valence-corrected chi connectivity index (χ2v) is 3.31. The zero-order valence-corrected chi connectivity index (χ0v) is 9.24. The van der Waals surface area contributed by atoms with Crippen molar-refractivity contribution < 1.29 is 9.18 Å². The van der Waals surface area contributed by atoms with E-state index in [1.165, 1.54) is 12.1 Å². The van der Waals surface area contributed by atoms with Crippen LogP contribution in [0.25, 0.3) is 0 Å². The lowest BCUT2D eigenvalue weighted by molar-refractivity contribution is 0.216. The number of carbonyl (C=O) groups is 1. The molecule has 0 radical (unpaired) electrons. The summed E-state index contributed by atoms with van der Waals surface area (Å²) in [6, 6.07) is 5.52. The van der Waals surface area contributed by atoms with E-state index in [2.05, 4.69) is 5.32 Å². The molecule has 1 aromatic carbocycles. The summed E-state index contributed by atoms with van der Waals surface area (Å²) in [7, 11) is 0. The summed E-state index contributed by atoms with van der Waals surface area (Å²) < 4.78 is 12.9. The molecule has 5 heteroatoms. The summed E-state index contributed by atoms with van der Waals surface area (Å²) in [6.45, 7) is 3.32. The molecule has 0 bridgehead atoms. The second kappa shape index (κ2) is 6.07. The number of nitrogens with one attached hydrogen (secondary N) is 1. The molecule has 0 unspecified atom stereocenters. The monoisotopic (exact) mass is 225 g/mol. The molecule has 88 valence electrons. The lowest BCUT2D eigenvalue weighted by Gasteiger charge is -2.20. The lowest BCUT2D eigenvalue weighted by atomic mass is 10.3. The minimum atomic E-state index is -0.375. The fraction of sp³-hybridized carbons (Fsp3) is 0.364. The van der Waals surface area contributed by atoms with Crippen molar-refractivity contribution in [3.8, 4) is 0 Å². The first kappa shape index (κ1) is 12.4. The molecule has 0 aliphatic carbocycles. The first-order valence-corrected chi connectivity index (χ1v) is 5.19. The summed E-state index contributed by atoms with van der Waals surface area (Å²) in [5.41, 5.74) is 5.82. The summed E-state index contributed by atoms with van der Waals surface area (Å²) in [5.74, 6) is -0.375. The number of halogens is 1. The van der Waals surface area contributed by atoms with E-state index < -0.39 is 0 Å². The molecule has 0 aromatic heterocycles. The van der Waals surface area contributed by atoms with E-state index in [4.69, 9.17) is 5.73 Å². The maximum absolute atomic E-state index is 12.9. The summed E-state index contributed by atoms with van der Waals surface area (Å²) >= 11 is 0. The van der Waals surface area contributed by atoms with Crippen LogP contribution in [0.5, 0.6) is 0 Å². The van der Waals surface area contributed by atoms with Gasteiger partial charge in [-0.15, -0.1) is 0 Å². The van der Waals surface area contributed by atoms with Gasteiger partial charge < -0.3 is 16.0 Å². The third-order valence-electron chi connectivity index (χ3n) is 2.14. The zero-order chi connectivity index (χ0) is 12.0. The molecule has 0 saturated carbocycles. The molecular formula is C11H16FN3O. The van der Waals surface area contributed by atoms with E-state index in [1.54, 1.807) is 17.0 Å². The van der Waals surface area contributed by atoms with Gasteiger partial charge in [0.15, 0.2) is 0 Å². The molecule has 0 atom stereocenters. The normalized spacial score (nSPS) is 9.94. The summed E-state index contributed by atoms with van der Waals surface area (Å²) in [5, 5.41) is 2.61. The fourth-order valence-corrected chi connectivity index (χ4v) is 1.33. The molecule has 0 fully saturated rings. The first-order valence-electron chi connectivity index (χ1n) is 5.19. The lowest BCUT2D eigenvalue weighted by Crippen LogP contribution is -2.38. The van der Waals surface area contributed by atoms with Crippen LogP contribution in [-0.4, -0.2) is 30.6 Å². The van der Waals surface area contributed by atoms with Gasteiger partial charge in [0.25, 0.3) is 0 Å². The zero-order valence-electron chi connectivity index (χ0n) is 9.24. The molecule has 2 amide bonds. The highest BCUT2D eigenvalue weighted by molar-refractivity contribution is 5.89. The average Bonchev–Trinajstić information content (AvgIpc) is 2.25. The van der Waals surface area contributed by atoms with Gasteiger partial charge in [0.1, 0.15) is 5.82 Å². The summed E-state index contributed by atoms with van der Waals surface area (Å²) in [4.78, 5) is 13.2. The maximum atomic E-state index is 12.9. The number of urea groups is 1. The number of hydrogen-bond acceptors (Lipinski definition) is 2. The number of amides is 2. The molecule has 0 aliphatic heterocycles. The van der Waals surface area contributed by atoms with Crippen LogP contribution in [0.2, 0.25) is 0 Å². The highest BCUT2D eigenvalue weighted by Crippen LogP contribution is 2.09. The molecule has 3 N–H and O–H groups in total. The Morgan fingerprint density at radius 1 is 1.56 bits per heavy atom. The van der Waals surface area contributed by atoms with Crippen LogP contribution in [0.4, 0.5) is 14.9 Å². The quantitative estimate of drug-likeness (QED) is 0.818. The average molecular weight is 225 g/mol. The van der Waals surface area contributed by atoms with Gasteiger partial charge in [0, 0.05) is 25.3 Å². The third kappa shape index (κ3) is 3.51. The van der Waals surface area contributed by atoms with Gasteiger partial charge in [-0.1, -0.05) is 6.07 Å². The highest BCUT2D eigenvalue weighted by atomic mass is 19.1. The number of likely N-dealkylation sites (N-methyl/N-ethyl adjacent to an activating group) is 1. The van der Waals surface area contributed by atoms with Crippen LogP contribution >= 0.6 is 0 Å². The molecule has 0 spiro atoms. The minimum Gasteiger partial charge on any atom is -0.329 e. The molecular weight excluding hydrogens is 209 g/mol. The van der Waals surface area contributed by atoms with Crippen molar-refractivity contribution in [3.63, 3.8) is 0 Å². The van der Waals surface area contributed by atoms with E-state index in [0.717, 1.165) is 0 Å². The number of hydrogen-bond donors (Lipinski definition) is 2. The molecule has 1 aromatic rings. The van der Waals surface area contributed by atoms with Crippen molar-refractivity contribution in [3.05, 3.63) is 30.1 Å². The number of anilines is 1. The Kier molecular flexibility index (Phi) is 4.72. The van der Waals surface area contributed by atoms with Crippen molar-refractivity contribution in [1.82, 2.24) is 4.90 Å². The van der Waals surface area contributed by atoms with E-state index in [9.17, 15) is 9.18 Å². The Morgan fingerprint density at radius 3 is 2.88 bits per heavy atom. The van der Waals surface area contributed by atoms with Crippen LogP contribution in [0.15, 0.2) is 24.3 Å². The SMILES string of the molecule is CCN(CCN)C(=O)Nc1cccc(F)c1. The molecule has 16 heavy (non-hydrogen) atoms. The van der Waals surface area contributed by atoms with Crippen LogP contribution in [0.3, 0.4) is 0 Å². The Labute approximate surface area is 94.2 Å². The van der Waals surface area contributed by atoms with Crippen molar-refractivity contribution in [2.24, 2.45) is 5.73 Å². The summed E-state index contributed by atoms with van der Waals surface area (Å²) in [6.07, 6.45) is 0. The van der Waals surface area contributed by atoms with Gasteiger partial charge in [-0.05, 0) is 25.1 Å². The maximum Gasteiger partial charge on any atom is 0.321 e. The topological polar surface area (TPSA) is 58.4 Å². The Bertz CT molecular complexity index is 357. The third-order valence-corrected chi connectivity index (χ3v) is 2.14. The Balaban J connectivity index is 2.62. The number of rotatable bonds is 4. The first-order chi connectivity index (χ1) is 7.67. The van der Waals surface area contributed by atoms with Gasteiger partial charge >= 0.3 is 6.03 Å². The minimum absolute atomic E-state index is 0.265. The Morgan fingerprint density at radius 2 is 2.31 bits per heavy atom. The van der Waals surface area contributed by atoms with Gasteiger partial charge in [-0.25, -0.2) is 9.18 Å². The van der Waals surface area contributed by atoms with Gasteiger partial charge in [0.05, 0.1) is 0 Å². The van der Waals surface area contributed by atoms with Crippen molar-refractivity contribution in [2.45, 2.75) is 6.92 Å². The largest absolute Gasteiger partial charge is 0.329 e. The van der Waals surface area contributed by atoms with Crippen molar-refractivity contribution in [2.75, 3.05) is 25.0 Å². The van der Waals surface area contributed by atoms with Gasteiger partial charge in [-0.2, -0.15) is 0 Å². The predicted molar refractivity (Wildman–Crippen MR) is 61.7 cm³/mol. The molecule has 4 nitrogen and oxygen atoms in total. The van der Waals surface area contributed by atoms with E-state index in [0.29, 0.717) is 25.3 Å².